The van der Waals surface area contributed by atoms with E-state index in [2.05, 4.69) is 13.8 Å². The molecule has 0 radical (unpaired) electrons. The van der Waals surface area contributed by atoms with Gasteiger partial charge >= 0.3 is 0 Å². The van der Waals surface area contributed by atoms with Gasteiger partial charge in [0, 0.05) is 26.2 Å². The van der Waals surface area contributed by atoms with Gasteiger partial charge in [-0.25, -0.2) is 8.42 Å². The van der Waals surface area contributed by atoms with E-state index in [-0.39, 0.29) is 21.4 Å². The van der Waals surface area contributed by atoms with Gasteiger partial charge in [0.2, 0.25) is 10.0 Å². The van der Waals surface area contributed by atoms with Crippen LogP contribution in [0.2, 0.25) is 5.02 Å². The first-order valence-corrected chi connectivity index (χ1v) is 10.8. The van der Waals surface area contributed by atoms with Gasteiger partial charge in [0.25, 0.3) is 5.91 Å². The number of likely N-dealkylation sites (tertiary alicyclic amines) is 1. The van der Waals surface area contributed by atoms with E-state index in [0.717, 1.165) is 6.42 Å². The minimum atomic E-state index is -3.66. The number of morpholine rings is 1. The lowest BCUT2D eigenvalue weighted by Crippen LogP contribution is -2.43. The standard InChI is InChI=1S/C18H25ClN2O4S/c1-13-9-14(2)12-20(11-13)18(22)16-10-15(3-4-17(16)19)26(23,24)21-5-7-25-8-6-21/h3-4,10,13-14H,5-9,11-12H2,1-2H3/t13-,14-/m0/s1. The highest BCUT2D eigenvalue weighted by Gasteiger charge is 2.30. The Labute approximate surface area is 160 Å². The minimum absolute atomic E-state index is 0.102. The average Bonchev–Trinajstić information content (AvgIpc) is 2.61. The Morgan fingerprint density at radius 2 is 1.77 bits per heavy atom. The van der Waals surface area contributed by atoms with E-state index < -0.39 is 10.0 Å². The van der Waals surface area contributed by atoms with Gasteiger partial charge in [0.05, 0.1) is 28.7 Å². The summed E-state index contributed by atoms with van der Waals surface area (Å²) in [5.41, 5.74) is 0.252. The molecule has 0 unspecified atom stereocenters. The third-order valence-corrected chi connectivity index (χ3v) is 7.16. The van der Waals surface area contributed by atoms with Gasteiger partial charge in [0.15, 0.2) is 0 Å². The number of halogens is 1. The number of carbonyl (C=O) groups excluding carboxylic acids is 1. The summed E-state index contributed by atoms with van der Waals surface area (Å²) in [5.74, 6) is 0.635. The maximum atomic E-state index is 13.0. The van der Waals surface area contributed by atoms with Gasteiger partial charge in [0.1, 0.15) is 0 Å². The van der Waals surface area contributed by atoms with E-state index in [1.165, 1.54) is 22.5 Å². The first-order chi connectivity index (χ1) is 12.3. The third-order valence-electron chi connectivity index (χ3n) is 4.93. The van der Waals surface area contributed by atoms with Crippen molar-refractivity contribution >= 4 is 27.5 Å². The molecule has 1 aromatic carbocycles. The van der Waals surface area contributed by atoms with Crippen LogP contribution in [-0.4, -0.2) is 62.9 Å². The molecular formula is C18H25ClN2O4S. The van der Waals surface area contributed by atoms with Crippen molar-refractivity contribution in [1.82, 2.24) is 9.21 Å². The summed E-state index contributed by atoms with van der Waals surface area (Å²) in [4.78, 5) is 14.9. The predicted octanol–water partition coefficient (Wildman–Crippen LogP) is 2.48. The van der Waals surface area contributed by atoms with Crippen LogP contribution >= 0.6 is 11.6 Å². The monoisotopic (exact) mass is 400 g/mol. The Morgan fingerprint density at radius 3 is 2.38 bits per heavy atom. The molecule has 0 saturated carbocycles. The van der Waals surface area contributed by atoms with Crippen molar-refractivity contribution in [2.24, 2.45) is 11.8 Å². The molecule has 2 aliphatic rings. The fourth-order valence-corrected chi connectivity index (χ4v) is 5.40. The zero-order chi connectivity index (χ0) is 18.9. The number of carbonyl (C=O) groups is 1. The molecule has 0 N–H and O–H groups in total. The topological polar surface area (TPSA) is 66.9 Å². The molecule has 1 aromatic rings. The molecule has 3 rings (SSSR count). The van der Waals surface area contributed by atoms with Crippen molar-refractivity contribution in [2.75, 3.05) is 39.4 Å². The molecule has 144 valence electrons. The van der Waals surface area contributed by atoms with Crippen molar-refractivity contribution in [2.45, 2.75) is 25.2 Å². The molecule has 2 atom stereocenters. The number of rotatable bonds is 3. The minimum Gasteiger partial charge on any atom is -0.379 e. The molecule has 0 aromatic heterocycles. The molecule has 2 saturated heterocycles. The average molecular weight is 401 g/mol. The lowest BCUT2D eigenvalue weighted by molar-refractivity contribution is 0.0623. The highest BCUT2D eigenvalue weighted by atomic mass is 35.5. The van der Waals surface area contributed by atoms with Gasteiger partial charge in [-0.15, -0.1) is 0 Å². The van der Waals surface area contributed by atoms with Crippen LogP contribution in [-0.2, 0) is 14.8 Å². The Bertz CT molecular complexity index is 767. The van der Waals surface area contributed by atoms with Crippen LogP contribution < -0.4 is 0 Å². The smallest absolute Gasteiger partial charge is 0.255 e. The molecule has 26 heavy (non-hydrogen) atoms. The molecule has 0 bridgehead atoms. The summed E-state index contributed by atoms with van der Waals surface area (Å²) in [6.45, 7) is 6.96. The molecular weight excluding hydrogens is 376 g/mol. The molecule has 0 aliphatic carbocycles. The van der Waals surface area contributed by atoms with Gasteiger partial charge in [-0.1, -0.05) is 25.4 Å². The van der Waals surface area contributed by atoms with Crippen LogP contribution in [0.3, 0.4) is 0 Å². The highest BCUT2D eigenvalue weighted by molar-refractivity contribution is 7.89. The summed E-state index contributed by atoms with van der Waals surface area (Å²) in [7, 11) is -3.66. The summed E-state index contributed by atoms with van der Waals surface area (Å²) in [6, 6.07) is 4.38. The van der Waals surface area contributed by atoms with Gasteiger partial charge in [-0.05, 0) is 36.5 Å². The number of benzene rings is 1. The zero-order valence-corrected chi connectivity index (χ0v) is 16.7. The van der Waals surface area contributed by atoms with E-state index in [0.29, 0.717) is 51.2 Å². The van der Waals surface area contributed by atoms with Crippen LogP contribution in [0.1, 0.15) is 30.6 Å². The Morgan fingerprint density at radius 1 is 1.15 bits per heavy atom. The molecule has 2 heterocycles. The number of piperidine rings is 1. The van der Waals surface area contributed by atoms with E-state index in [9.17, 15) is 13.2 Å². The second kappa shape index (κ2) is 7.84. The van der Waals surface area contributed by atoms with Crippen molar-refractivity contribution in [3.63, 3.8) is 0 Å². The maximum absolute atomic E-state index is 13.0. The van der Waals surface area contributed by atoms with E-state index in [1.807, 2.05) is 0 Å². The molecule has 2 aliphatic heterocycles. The van der Waals surface area contributed by atoms with Crippen LogP contribution in [0.15, 0.2) is 23.1 Å². The lowest BCUT2D eigenvalue weighted by Gasteiger charge is -2.35. The number of hydrogen-bond donors (Lipinski definition) is 0. The van der Waals surface area contributed by atoms with Crippen LogP contribution in [0, 0.1) is 11.8 Å². The predicted molar refractivity (Wildman–Crippen MR) is 99.9 cm³/mol. The van der Waals surface area contributed by atoms with Gasteiger partial charge in [-0.3, -0.25) is 4.79 Å². The fraction of sp³-hybridized carbons (Fsp3) is 0.611. The van der Waals surface area contributed by atoms with Crippen LogP contribution in [0.5, 0.6) is 0 Å². The van der Waals surface area contributed by atoms with Gasteiger partial charge < -0.3 is 9.64 Å². The summed E-state index contributed by atoms with van der Waals surface area (Å²) >= 11 is 6.24. The quantitative estimate of drug-likeness (QED) is 0.781. The second-order valence-corrected chi connectivity index (χ2v) is 9.66. The SMILES string of the molecule is C[C@H]1C[C@H](C)CN(C(=O)c2cc(S(=O)(=O)N3CCOCC3)ccc2Cl)C1. The number of sulfonamides is 1. The van der Waals surface area contributed by atoms with E-state index in [4.69, 9.17) is 16.3 Å². The van der Waals surface area contributed by atoms with Crippen molar-refractivity contribution in [1.29, 1.82) is 0 Å². The molecule has 0 spiro atoms. The normalized spacial score (nSPS) is 25.3. The largest absolute Gasteiger partial charge is 0.379 e. The van der Waals surface area contributed by atoms with E-state index in [1.54, 1.807) is 4.90 Å². The number of amides is 1. The Balaban J connectivity index is 1.89. The Kier molecular flexibility index (Phi) is 5.91. The number of ether oxygens (including phenoxy) is 1. The van der Waals surface area contributed by atoms with Crippen LogP contribution in [0.25, 0.3) is 0 Å². The van der Waals surface area contributed by atoms with E-state index >= 15 is 0 Å². The zero-order valence-electron chi connectivity index (χ0n) is 15.2. The first kappa shape index (κ1) is 19.6. The molecule has 2 fully saturated rings. The summed E-state index contributed by atoms with van der Waals surface area (Å²) in [5, 5.41) is 0.279. The first-order valence-electron chi connectivity index (χ1n) is 8.95. The summed E-state index contributed by atoms with van der Waals surface area (Å²) < 4.78 is 32.3. The Hall–Kier alpha value is -1.15. The fourth-order valence-electron chi connectivity index (χ4n) is 3.76. The van der Waals surface area contributed by atoms with Crippen LogP contribution in [0.4, 0.5) is 0 Å². The second-order valence-electron chi connectivity index (χ2n) is 7.31. The number of nitrogens with zero attached hydrogens (tertiary/aromatic N) is 2. The van der Waals surface area contributed by atoms with Crippen molar-refractivity contribution in [3.05, 3.63) is 28.8 Å². The molecule has 1 amide bonds. The molecule has 8 heteroatoms. The van der Waals surface area contributed by atoms with Gasteiger partial charge in [-0.2, -0.15) is 4.31 Å². The molecule has 6 nitrogen and oxygen atoms in total. The highest BCUT2D eigenvalue weighted by Crippen LogP contribution is 2.27. The third kappa shape index (κ3) is 4.06. The lowest BCUT2D eigenvalue weighted by atomic mass is 9.91. The van der Waals surface area contributed by atoms with Crippen molar-refractivity contribution in [3.8, 4) is 0 Å². The number of hydrogen-bond acceptors (Lipinski definition) is 4. The van der Waals surface area contributed by atoms with Crippen molar-refractivity contribution < 1.29 is 17.9 Å². The summed E-state index contributed by atoms with van der Waals surface area (Å²) in [6.07, 6.45) is 1.09. The maximum Gasteiger partial charge on any atom is 0.255 e.